The Bertz CT molecular complexity index is 1140. The van der Waals surface area contributed by atoms with Gasteiger partial charge in [-0.25, -0.2) is 8.78 Å². The lowest BCUT2D eigenvalue weighted by molar-refractivity contribution is 0.630. The third-order valence-corrected chi connectivity index (χ3v) is 7.38. The first kappa shape index (κ1) is 20.0. The van der Waals surface area contributed by atoms with Gasteiger partial charge < -0.3 is 0 Å². The monoisotopic (exact) mass is 536 g/mol. The summed E-state index contributed by atoms with van der Waals surface area (Å²) in [5.74, 6) is -0.702. The lowest BCUT2D eigenvalue weighted by atomic mass is 9.92. The molecule has 0 radical (unpaired) electrons. The summed E-state index contributed by atoms with van der Waals surface area (Å²) in [6.07, 6.45) is 0. The van der Waals surface area contributed by atoms with Crippen LogP contribution in [0.4, 0.5) is 8.78 Å². The fourth-order valence-electron chi connectivity index (χ4n) is 3.33. The summed E-state index contributed by atoms with van der Waals surface area (Å²) in [5.41, 5.74) is 2.13. The van der Waals surface area contributed by atoms with Crippen LogP contribution in [0.1, 0.15) is 0 Å². The molecule has 0 aliphatic carbocycles. The van der Waals surface area contributed by atoms with Crippen molar-refractivity contribution in [2.75, 3.05) is 0 Å². The zero-order valence-corrected chi connectivity index (χ0v) is 19.1. The maximum atomic E-state index is 14.6. The van der Waals surface area contributed by atoms with Gasteiger partial charge in [0.25, 0.3) is 0 Å². The van der Waals surface area contributed by atoms with Crippen molar-refractivity contribution >= 4 is 67.9 Å². The summed E-state index contributed by atoms with van der Waals surface area (Å²) < 4.78 is 30.7. The molecule has 0 spiro atoms. The average molecular weight is 538 g/mol. The van der Waals surface area contributed by atoms with E-state index in [4.69, 9.17) is 0 Å². The van der Waals surface area contributed by atoms with E-state index in [0.717, 1.165) is 10.8 Å². The van der Waals surface area contributed by atoms with Crippen LogP contribution in [0.25, 0.3) is 33.0 Å². The minimum absolute atomic E-state index is 0.351. The second-order valence-corrected chi connectivity index (χ2v) is 8.82. The Kier molecular flexibility index (Phi) is 5.58. The van der Waals surface area contributed by atoms with Gasteiger partial charge in [0.1, 0.15) is 11.6 Å². The fourth-order valence-corrected chi connectivity index (χ4v) is 4.79. The molecule has 6 heteroatoms. The van der Waals surface area contributed by atoms with Crippen LogP contribution in [-0.2, 0) is 0 Å². The molecule has 0 saturated carbocycles. The van der Waals surface area contributed by atoms with Gasteiger partial charge in [0.15, 0.2) is 0 Å². The summed E-state index contributed by atoms with van der Waals surface area (Å²) in [4.78, 5) is 1.21. The Balaban J connectivity index is 2.22. The first-order valence-corrected chi connectivity index (χ1v) is 10.7. The number of hydrogen-bond donors (Lipinski definition) is 2. The SMILES string of the molecule is Fc1ccccc1-c1c(S)c(Br)cc2c(-c3ccccc3F)c(S)c(Br)cc12. The third-order valence-electron chi connectivity index (χ3n) is 4.58. The molecular formula is C22H12Br2F2S2. The summed E-state index contributed by atoms with van der Waals surface area (Å²) in [7, 11) is 0. The standard InChI is InChI=1S/C22H12Br2F2S2/c23-15-10-14-13(19(21(15)27)11-5-1-3-7-17(11)25)9-16(24)22(28)20(14)12-6-2-4-8-18(12)26/h1-10,27-28H. The third kappa shape index (κ3) is 3.30. The van der Waals surface area contributed by atoms with Crippen LogP contribution in [0.15, 0.2) is 79.4 Å². The Morgan fingerprint density at radius 2 is 0.964 bits per heavy atom. The Hall–Kier alpha value is -1.34. The van der Waals surface area contributed by atoms with Gasteiger partial charge in [-0.1, -0.05) is 36.4 Å². The molecule has 0 heterocycles. The Morgan fingerprint density at radius 1 is 0.607 bits per heavy atom. The van der Waals surface area contributed by atoms with Crippen LogP contribution >= 0.6 is 57.1 Å². The number of halogens is 4. The van der Waals surface area contributed by atoms with Crippen LogP contribution < -0.4 is 0 Å². The van der Waals surface area contributed by atoms with E-state index in [9.17, 15) is 8.78 Å². The number of hydrogen-bond acceptors (Lipinski definition) is 2. The summed E-state index contributed by atoms with van der Waals surface area (Å²) in [5, 5.41) is 1.50. The van der Waals surface area contributed by atoms with E-state index < -0.39 is 0 Å². The number of thiol groups is 2. The van der Waals surface area contributed by atoms with Crippen molar-refractivity contribution in [1.82, 2.24) is 0 Å². The molecule has 0 saturated heterocycles. The predicted molar refractivity (Wildman–Crippen MR) is 125 cm³/mol. The second-order valence-electron chi connectivity index (χ2n) is 6.22. The van der Waals surface area contributed by atoms with Crippen LogP contribution in [0.3, 0.4) is 0 Å². The molecule has 4 rings (SSSR count). The second kappa shape index (κ2) is 7.82. The zero-order valence-electron chi connectivity index (χ0n) is 14.2. The predicted octanol–water partition coefficient (Wildman–Crippen LogP) is 8.55. The molecule has 0 unspecified atom stereocenters. The first-order valence-electron chi connectivity index (χ1n) is 8.26. The molecule has 4 aromatic rings. The Morgan fingerprint density at radius 3 is 1.32 bits per heavy atom. The molecular weight excluding hydrogens is 526 g/mol. The van der Waals surface area contributed by atoms with Crippen molar-refractivity contribution in [3.8, 4) is 22.3 Å². The molecule has 28 heavy (non-hydrogen) atoms. The van der Waals surface area contributed by atoms with Crippen molar-refractivity contribution < 1.29 is 8.78 Å². The van der Waals surface area contributed by atoms with Gasteiger partial charge in [0.2, 0.25) is 0 Å². The molecule has 0 fully saturated rings. The number of benzene rings is 4. The van der Waals surface area contributed by atoms with Crippen molar-refractivity contribution in [1.29, 1.82) is 0 Å². The van der Waals surface area contributed by atoms with E-state index in [1.54, 1.807) is 36.4 Å². The zero-order chi connectivity index (χ0) is 20.0. The minimum Gasteiger partial charge on any atom is -0.206 e. The van der Waals surface area contributed by atoms with Gasteiger partial charge in [0, 0.05) is 41.0 Å². The highest BCUT2D eigenvalue weighted by Gasteiger charge is 2.21. The number of fused-ring (bicyclic) bond motifs is 1. The van der Waals surface area contributed by atoms with E-state index in [0.29, 0.717) is 41.0 Å². The maximum Gasteiger partial charge on any atom is 0.131 e. The van der Waals surface area contributed by atoms with E-state index >= 15 is 0 Å². The van der Waals surface area contributed by atoms with E-state index in [2.05, 4.69) is 57.1 Å². The summed E-state index contributed by atoms with van der Waals surface area (Å²) >= 11 is 16.3. The first-order chi connectivity index (χ1) is 13.4. The normalized spacial score (nSPS) is 11.2. The minimum atomic E-state index is -0.351. The largest absolute Gasteiger partial charge is 0.206 e. The highest BCUT2D eigenvalue weighted by molar-refractivity contribution is 9.10. The summed E-state index contributed by atoms with van der Waals surface area (Å²) in [6.45, 7) is 0. The molecule has 140 valence electrons. The van der Waals surface area contributed by atoms with Crippen LogP contribution in [-0.4, -0.2) is 0 Å². The van der Waals surface area contributed by atoms with Gasteiger partial charge in [0.05, 0.1) is 0 Å². The van der Waals surface area contributed by atoms with Gasteiger partial charge in [-0.15, -0.1) is 25.3 Å². The molecule has 0 nitrogen and oxygen atoms in total. The van der Waals surface area contributed by atoms with Crippen molar-refractivity contribution in [2.24, 2.45) is 0 Å². The lowest BCUT2D eigenvalue weighted by Gasteiger charge is -2.18. The quantitative estimate of drug-likeness (QED) is 0.235. The van der Waals surface area contributed by atoms with E-state index in [1.807, 2.05) is 12.1 Å². The van der Waals surface area contributed by atoms with Crippen LogP contribution in [0.5, 0.6) is 0 Å². The molecule has 0 N–H and O–H groups in total. The van der Waals surface area contributed by atoms with Gasteiger partial charge >= 0.3 is 0 Å². The topological polar surface area (TPSA) is 0 Å². The molecule has 0 aromatic heterocycles. The lowest BCUT2D eigenvalue weighted by Crippen LogP contribution is -1.94. The fraction of sp³-hybridized carbons (Fsp3) is 0. The van der Waals surface area contributed by atoms with Crippen molar-refractivity contribution in [3.05, 3.63) is 81.2 Å². The molecule has 0 bridgehead atoms. The van der Waals surface area contributed by atoms with Crippen molar-refractivity contribution in [2.45, 2.75) is 9.79 Å². The number of rotatable bonds is 2. The Labute approximate surface area is 189 Å². The maximum absolute atomic E-state index is 14.6. The van der Waals surface area contributed by atoms with Gasteiger partial charge in [-0.2, -0.15) is 0 Å². The smallest absolute Gasteiger partial charge is 0.131 e. The molecule has 0 aliphatic rings. The van der Waals surface area contributed by atoms with E-state index in [-0.39, 0.29) is 11.6 Å². The highest BCUT2D eigenvalue weighted by Crippen LogP contribution is 2.47. The van der Waals surface area contributed by atoms with Gasteiger partial charge in [-0.05, 0) is 66.9 Å². The molecule has 0 atom stereocenters. The van der Waals surface area contributed by atoms with Crippen molar-refractivity contribution in [3.63, 3.8) is 0 Å². The molecule has 4 aromatic carbocycles. The highest BCUT2D eigenvalue weighted by atomic mass is 79.9. The molecule has 0 amide bonds. The van der Waals surface area contributed by atoms with Gasteiger partial charge in [-0.3, -0.25) is 0 Å². The van der Waals surface area contributed by atoms with E-state index in [1.165, 1.54) is 12.1 Å². The van der Waals surface area contributed by atoms with Crippen LogP contribution in [0, 0.1) is 11.6 Å². The average Bonchev–Trinajstić information content (AvgIpc) is 2.67. The van der Waals surface area contributed by atoms with Crippen LogP contribution in [0.2, 0.25) is 0 Å². The molecule has 0 aliphatic heterocycles. The summed E-state index contributed by atoms with van der Waals surface area (Å²) in [6, 6.07) is 16.8.